The van der Waals surface area contributed by atoms with Gasteiger partial charge >= 0.3 is 0 Å². The highest BCUT2D eigenvalue weighted by Crippen LogP contribution is 2.28. The summed E-state index contributed by atoms with van der Waals surface area (Å²) >= 11 is 13.7. The van der Waals surface area contributed by atoms with Gasteiger partial charge in [0.25, 0.3) is 0 Å². The van der Waals surface area contributed by atoms with E-state index in [4.69, 9.17) is 28.4 Å². The summed E-state index contributed by atoms with van der Waals surface area (Å²) < 4.78 is 0.758. The Hall–Kier alpha value is -0.0000000000000000555. The molecule has 1 aromatic carbocycles. The number of benzene rings is 1. The van der Waals surface area contributed by atoms with Crippen LogP contribution in [0.1, 0.15) is 5.56 Å². The fourth-order valence-electron chi connectivity index (χ4n) is 0.703. The second kappa shape index (κ2) is 4.30. The van der Waals surface area contributed by atoms with Crippen molar-refractivity contribution in [2.75, 3.05) is 0 Å². The maximum Gasteiger partial charge on any atom is 0.0749 e. The van der Waals surface area contributed by atoms with E-state index in [1.165, 1.54) is 6.21 Å². The highest BCUT2D eigenvalue weighted by molar-refractivity contribution is 14.1. The van der Waals surface area contributed by atoms with Gasteiger partial charge in [-0.3, -0.25) is 0 Å². The van der Waals surface area contributed by atoms with Gasteiger partial charge in [0.2, 0.25) is 0 Å². The average molecular weight is 316 g/mol. The van der Waals surface area contributed by atoms with Crippen molar-refractivity contribution in [2.45, 2.75) is 0 Å². The summed E-state index contributed by atoms with van der Waals surface area (Å²) in [4.78, 5) is 0. The van der Waals surface area contributed by atoms with Gasteiger partial charge in [0, 0.05) is 5.56 Å². The predicted octanol–water partition coefficient (Wildman–Crippen LogP) is 3.41. The van der Waals surface area contributed by atoms with Crippen molar-refractivity contribution >= 4 is 52.0 Å². The molecular formula is C7H4Cl2INO. The summed E-state index contributed by atoms with van der Waals surface area (Å²) in [5.74, 6) is 0. The van der Waals surface area contributed by atoms with Crippen molar-refractivity contribution in [1.82, 2.24) is 0 Å². The Morgan fingerprint density at radius 1 is 1.42 bits per heavy atom. The Bertz CT molecular complexity index is 327. The van der Waals surface area contributed by atoms with Gasteiger partial charge in [-0.05, 0) is 28.7 Å². The quantitative estimate of drug-likeness (QED) is 0.278. The molecule has 1 aromatic rings. The van der Waals surface area contributed by atoms with Crippen molar-refractivity contribution in [3.8, 4) is 0 Å². The summed E-state index contributed by atoms with van der Waals surface area (Å²) in [5.41, 5.74) is 0.646. The Kier molecular flexibility index (Phi) is 3.61. The average Bonchev–Trinajstić information content (AvgIpc) is 2.07. The zero-order valence-electron chi connectivity index (χ0n) is 5.76. The molecular weight excluding hydrogens is 312 g/mol. The van der Waals surface area contributed by atoms with Crippen LogP contribution < -0.4 is 0 Å². The smallest absolute Gasteiger partial charge is 0.0749 e. The Morgan fingerprint density at radius 2 is 2.08 bits per heavy atom. The molecule has 0 saturated heterocycles. The van der Waals surface area contributed by atoms with Gasteiger partial charge in [0.1, 0.15) is 0 Å². The molecule has 0 atom stereocenters. The summed E-state index contributed by atoms with van der Waals surface area (Å²) in [5, 5.41) is 12.3. The van der Waals surface area contributed by atoms with E-state index in [1.807, 2.05) is 22.6 Å². The number of hydrogen-bond acceptors (Lipinski definition) is 2. The van der Waals surface area contributed by atoms with Crippen LogP contribution in [0.15, 0.2) is 17.3 Å². The normalized spacial score (nSPS) is 10.9. The molecule has 1 N–H and O–H groups in total. The first kappa shape index (κ1) is 10.1. The molecule has 0 spiro atoms. The molecule has 0 aromatic heterocycles. The van der Waals surface area contributed by atoms with E-state index in [9.17, 15) is 0 Å². The van der Waals surface area contributed by atoms with Crippen molar-refractivity contribution in [1.29, 1.82) is 0 Å². The molecule has 12 heavy (non-hydrogen) atoms. The summed E-state index contributed by atoms with van der Waals surface area (Å²) in [6, 6.07) is 3.39. The summed E-state index contributed by atoms with van der Waals surface area (Å²) in [6.07, 6.45) is 1.26. The number of nitrogens with zero attached hydrogens (tertiary/aromatic N) is 1. The molecule has 0 heterocycles. The van der Waals surface area contributed by atoms with Crippen LogP contribution in [0.3, 0.4) is 0 Å². The molecule has 0 bridgehead atoms. The van der Waals surface area contributed by atoms with Crippen LogP contribution in [-0.4, -0.2) is 11.4 Å². The van der Waals surface area contributed by atoms with Crippen LogP contribution in [0, 0.1) is 3.57 Å². The van der Waals surface area contributed by atoms with Crippen LogP contribution >= 0.6 is 45.8 Å². The molecule has 0 aliphatic carbocycles. The number of oxime groups is 1. The van der Waals surface area contributed by atoms with E-state index in [2.05, 4.69) is 5.16 Å². The topological polar surface area (TPSA) is 32.6 Å². The second-order valence-electron chi connectivity index (χ2n) is 2.01. The third kappa shape index (κ3) is 2.02. The minimum absolute atomic E-state index is 0.501. The van der Waals surface area contributed by atoms with Crippen LogP contribution in [0.2, 0.25) is 10.0 Å². The largest absolute Gasteiger partial charge is 0.411 e. The van der Waals surface area contributed by atoms with Gasteiger partial charge in [-0.25, -0.2) is 0 Å². The van der Waals surface area contributed by atoms with Crippen LogP contribution in [0.4, 0.5) is 0 Å². The molecule has 0 fully saturated rings. The lowest BCUT2D eigenvalue weighted by molar-refractivity contribution is 0.322. The van der Waals surface area contributed by atoms with Gasteiger partial charge in [-0.2, -0.15) is 0 Å². The van der Waals surface area contributed by atoms with Gasteiger partial charge in [0.05, 0.1) is 19.8 Å². The fraction of sp³-hybridized carbons (Fsp3) is 0. The Morgan fingerprint density at radius 3 is 2.67 bits per heavy atom. The van der Waals surface area contributed by atoms with Crippen molar-refractivity contribution in [3.05, 3.63) is 31.3 Å². The van der Waals surface area contributed by atoms with E-state index in [0.717, 1.165) is 3.57 Å². The molecule has 0 aliphatic rings. The molecule has 0 saturated carbocycles. The molecule has 5 heteroatoms. The molecule has 0 unspecified atom stereocenters. The van der Waals surface area contributed by atoms with Crippen molar-refractivity contribution in [3.63, 3.8) is 0 Å². The van der Waals surface area contributed by atoms with Crippen LogP contribution in [0.25, 0.3) is 0 Å². The lowest BCUT2D eigenvalue weighted by Gasteiger charge is -2.01. The Labute approximate surface area is 93.3 Å². The zero-order chi connectivity index (χ0) is 9.14. The first-order chi connectivity index (χ1) is 5.66. The van der Waals surface area contributed by atoms with E-state index >= 15 is 0 Å². The first-order valence-corrected chi connectivity index (χ1v) is 4.81. The maximum absolute atomic E-state index is 8.28. The highest BCUT2D eigenvalue weighted by atomic mass is 127. The predicted molar refractivity (Wildman–Crippen MR) is 58.6 cm³/mol. The van der Waals surface area contributed by atoms with Crippen LogP contribution in [-0.2, 0) is 0 Å². The highest BCUT2D eigenvalue weighted by Gasteiger charge is 2.05. The second-order valence-corrected chi connectivity index (χ2v) is 3.87. The Balaban J connectivity index is 3.26. The fourth-order valence-corrected chi connectivity index (χ4v) is 1.61. The van der Waals surface area contributed by atoms with Crippen LogP contribution in [0.5, 0.6) is 0 Å². The molecule has 0 radical (unpaired) electrons. The third-order valence-corrected chi connectivity index (χ3v) is 3.74. The van der Waals surface area contributed by atoms with E-state index in [0.29, 0.717) is 15.6 Å². The van der Waals surface area contributed by atoms with E-state index in [-0.39, 0.29) is 0 Å². The molecule has 64 valence electrons. The standard InChI is InChI=1S/C7H4Cl2INO/c8-5-2-1-4(3-11-12)6(9)7(5)10/h1-3,12H/b11-3-. The van der Waals surface area contributed by atoms with E-state index in [1.54, 1.807) is 12.1 Å². The van der Waals surface area contributed by atoms with Gasteiger partial charge in [0.15, 0.2) is 0 Å². The van der Waals surface area contributed by atoms with E-state index < -0.39 is 0 Å². The molecule has 0 aliphatic heterocycles. The van der Waals surface area contributed by atoms with Gasteiger partial charge in [-0.15, -0.1) is 0 Å². The number of hydrogen-bond donors (Lipinski definition) is 1. The number of halogens is 3. The maximum atomic E-state index is 8.28. The molecule has 1 rings (SSSR count). The monoisotopic (exact) mass is 315 g/mol. The molecule has 0 amide bonds. The SMILES string of the molecule is O/N=C\c1ccc(Cl)c(I)c1Cl. The lowest BCUT2D eigenvalue weighted by atomic mass is 10.2. The lowest BCUT2D eigenvalue weighted by Crippen LogP contribution is -1.86. The minimum Gasteiger partial charge on any atom is -0.411 e. The van der Waals surface area contributed by atoms with Crippen molar-refractivity contribution < 1.29 is 5.21 Å². The van der Waals surface area contributed by atoms with Gasteiger partial charge in [-0.1, -0.05) is 34.4 Å². The van der Waals surface area contributed by atoms with Gasteiger partial charge < -0.3 is 5.21 Å². The number of rotatable bonds is 1. The summed E-state index contributed by atoms with van der Waals surface area (Å²) in [6.45, 7) is 0. The first-order valence-electron chi connectivity index (χ1n) is 2.97. The third-order valence-electron chi connectivity index (χ3n) is 1.26. The van der Waals surface area contributed by atoms with Crippen molar-refractivity contribution in [2.24, 2.45) is 5.16 Å². The zero-order valence-corrected chi connectivity index (χ0v) is 9.43. The molecule has 2 nitrogen and oxygen atoms in total. The minimum atomic E-state index is 0.501. The summed E-state index contributed by atoms with van der Waals surface area (Å²) in [7, 11) is 0.